The van der Waals surface area contributed by atoms with Crippen LogP contribution in [0.4, 0.5) is 0 Å². The minimum atomic E-state index is -0.278. The summed E-state index contributed by atoms with van der Waals surface area (Å²) in [4.78, 5) is 37.5. The molecule has 0 fully saturated rings. The van der Waals surface area contributed by atoms with E-state index in [2.05, 4.69) is 0 Å². The van der Waals surface area contributed by atoms with Crippen molar-refractivity contribution in [1.29, 1.82) is 0 Å². The molecule has 4 nitrogen and oxygen atoms in total. The number of hydrogen-bond acceptors (Lipinski definition) is 4. The SMILES string of the molecule is Cc1cccc2c1C(=O)C(=CC=CC=CC1=C(O)c3cccc(C)c3C1=O)C2=O. The van der Waals surface area contributed by atoms with E-state index in [0.29, 0.717) is 22.3 Å². The van der Waals surface area contributed by atoms with Crippen LogP contribution in [0.1, 0.15) is 47.8 Å². The molecule has 2 aromatic carbocycles. The average Bonchev–Trinajstić information content (AvgIpc) is 3.09. The summed E-state index contributed by atoms with van der Waals surface area (Å²) in [7, 11) is 0. The van der Waals surface area contributed by atoms with Gasteiger partial charge in [-0.2, -0.15) is 0 Å². The Hall–Kier alpha value is -3.79. The van der Waals surface area contributed by atoms with Gasteiger partial charge in [0.15, 0.2) is 17.3 Å². The molecule has 29 heavy (non-hydrogen) atoms. The van der Waals surface area contributed by atoms with E-state index in [1.54, 1.807) is 42.5 Å². The van der Waals surface area contributed by atoms with Gasteiger partial charge in [-0.15, -0.1) is 0 Å². The van der Waals surface area contributed by atoms with Gasteiger partial charge in [0.25, 0.3) is 0 Å². The molecule has 142 valence electrons. The van der Waals surface area contributed by atoms with E-state index in [-0.39, 0.29) is 34.3 Å². The number of aliphatic hydroxyl groups is 1. The van der Waals surface area contributed by atoms with E-state index in [0.717, 1.165) is 11.1 Å². The van der Waals surface area contributed by atoms with Gasteiger partial charge >= 0.3 is 0 Å². The van der Waals surface area contributed by atoms with E-state index < -0.39 is 0 Å². The predicted octanol–water partition coefficient (Wildman–Crippen LogP) is 4.89. The molecule has 4 heteroatoms. The van der Waals surface area contributed by atoms with Crippen molar-refractivity contribution in [3.63, 3.8) is 0 Å². The molecule has 0 aromatic heterocycles. The lowest BCUT2D eigenvalue weighted by molar-refractivity contribution is 0.0986. The summed E-state index contributed by atoms with van der Waals surface area (Å²) in [5.74, 6) is -0.803. The van der Waals surface area contributed by atoms with E-state index in [1.165, 1.54) is 12.2 Å². The minimum Gasteiger partial charge on any atom is -0.507 e. The molecule has 1 N–H and O–H groups in total. The lowest BCUT2D eigenvalue weighted by atomic mass is 10.0. The number of carbonyl (C=O) groups excluding carboxylic acids is 3. The molecule has 0 heterocycles. The Labute approximate surface area is 168 Å². The quantitative estimate of drug-likeness (QED) is 0.466. The largest absolute Gasteiger partial charge is 0.507 e. The molecule has 0 saturated heterocycles. The molecule has 0 atom stereocenters. The summed E-state index contributed by atoms with van der Waals surface area (Å²) in [5, 5.41) is 10.3. The van der Waals surface area contributed by atoms with Crippen LogP contribution in [-0.2, 0) is 0 Å². The summed E-state index contributed by atoms with van der Waals surface area (Å²) in [6.45, 7) is 3.64. The highest BCUT2D eigenvalue weighted by Crippen LogP contribution is 2.33. The number of benzene rings is 2. The normalized spacial score (nSPS) is 17.3. The summed E-state index contributed by atoms with van der Waals surface area (Å²) >= 11 is 0. The zero-order valence-corrected chi connectivity index (χ0v) is 16.0. The molecule has 2 aliphatic rings. The van der Waals surface area contributed by atoms with Crippen molar-refractivity contribution < 1.29 is 19.5 Å². The number of fused-ring (bicyclic) bond motifs is 2. The van der Waals surface area contributed by atoms with Crippen molar-refractivity contribution in [2.24, 2.45) is 0 Å². The molecule has 2 aliphatic carbocycles. The first kappa shape index (κ1) is 18.6. The van der Waals surface area contributed by atoms with Crippen LogP contribution in [0.2, 0.25) is 0 Å². The highest BCUT2D eigenvalue weighted by atomic mass is 16.3. The number of allylic oxidation sites excluding steroid dienone is 7. The van der Waals surface area contributed by atoms with Gasteiger partial charge in [-0.1, -0.05) is 54.6 Å². The maximum atomic E-state index is 12.6. The number of carbonyl (C=O) groups is 3. The Kier molecular flexibility index (Phi) is 4.47. The first-order valence-corrected chi connectivity index (χ1v) is 9.23. The van der Waals surface area contributed by atoms with Gasteiger partial charge in [-0.05, 0) is 37.1 Å². The fourth-order valence-electron chi connectivity index (χ4n) is 3.77. The van der Waals surface area contributed by atoms with Crippen molar-refractivity contribution in [2.45, 2.75) is 13.8 Å². The molecule has 0 spiro atoms. The number of rotatable bonds is 3. The van der Waals surface area contributed by atoms with Crippen LogP contribution in [0.5, 0.6) is 0 Å². The maximum absolute atomic E-state index is 12.6. The summed E-state index contributed by atoms with van der Waals surface area (Å²) in [5.41, 5.74) is 3.91. The Morgan fingerprint density at radius 1 is 0.724 bits per heavy atom. The summed E-state index contributed by atoms with van der Waals surface area (Å²) in [6, 6.07) is 10.6. The molecule has 0 unspecified atom stereocenters. The standard InChI is InChI=1S/C25H18O4/c1-14-8-6-12-16-20(14)24(28)18(22(16)26)10-4-3-5-11-19-23(27)17-13-7-9-15(2)21(17)25(19)29/h3-13,26H,1-2H3. The number of aryl methyl sites for hydroxylation is 2. The van der Waals surface area contributed by atoms with E-state index in [1.807, 2.05) is 26.0 Å². The fourth-order valence-corrected chi connectivity index (χ4v) is 3.77. The predicted molar refractivity (Wildman–Crippen MR) is 111 cm³/mol. The molecule has 0 aliphatic heterocycles. The van der Waals surface area contributed by atoms with Crippen molar-refractivity contribution in [1.82, 2.24) is 0 Å². The Bertz CT molecular complexity index is 1220. The number of Topliss-reactive ketones (excluding diaryl/α,β-unsaturated/α-hetero) is 3. The van der Waals surface area contributed by atoms with Gasteiger partial charge in [-0.3, -0.25) is 14.4 Å². The lowest BCUT2D eigenvalue weighted by Crippen LogP contribution is -2.00. The number of aliphatic hydroxyl groups excluding tert-OH is 1. The van der Waals surface area contributed by atoms with Gasteiger partial charge in [0, 0.05) is 22.3 Å². The third-order valence-electron chi connectivity index (χ3n) is 5.24. The van der Waals surface area contributed by atoms with Crippen LogP contribution in [0.3, 0.4) is 0 Å². The van der Waals surface area contributed by atoms with Crippen molar-refractivity contribution in [3.05, 3.63) is 111 Å². The first-order valence-electron chi connectivity index (χ1n) is 9.23. The summed E-state index contributed by atoms with van der Waals surface area (Å²) < 4.78 is 0. The molecule has 4 rings (SSSR count). The molecular formula is C25H18O4. The average molecular weight is 382 g/mol. The third kappa shape index (κ3) is 2.90. The molecule has 0 radical (unpaired) electrons. The van der Waals surface area contributed by atoms with Crippen LogP contribution >= 0.6 is 0 Å². The molecule has 0 amide bonds. The maximum Gasteiger partial charge on any atom is 0.197 e. The van der Waals surface area contributed by atoms with Crippen LogP contribution in [0.25, 0.3) is 5.76 Å². The minimum absolute atomic E-state index is 0.0382. The molecular weight excluding hydrogens is 364 g/mol. The Morgan fingerprint density at radius 3 is 1.97 bits per heavy atom. The van der Waals surface area contributed by atoms with Crippen molar-refractivity contribution in [2.75, 3.05) is 0 Å². The third-order valence-corrected chi connectivity index (χ3v) is 5.24. The second-order valence-corrected chi connectivity index (χ2v) is 7.07. The zero-order chi connectivity index (χ0) is 20.7. The van der Waals surface area contributed by atoms with Crippen molar-refractivity contribution >= 4 is 23.1 Å². The number of ketones is 3. The smallest absolute Gasteiger partial charge is 0.197 e. The van der Waals surface area contributed by atoms with Gasteiger partial charge in [-0.25, -0.2) is 0 Å². The molecule has 2 aromatic rings. The van der Waals surface area contributed by atoms with Gasteiger partial charge in [0.1, 0.15) is 5.76 Å². The van der Waals surface area contributed by atoms with Crippen LogP contribution in [-0.4, -0.2) is 22.5 Å². The summed E-state index contributed by atoms with van der Waals surface area (Å²) in [6.07, 6.45) is 7.82. The van der Waals surface area contributed by atoms with Gasteiger partial charge in [0.2, 0.25) is 0 Å². The van der Waals surface area contributed by atoms with E-state index in [9.17, 15) is 19.5 Å². The van der Waals surface area contributed by atoms with Crippen LogP contribution in [0.15, 0.2) is 77.9 Å². The zero-order valence-electron chi connectivity index (χ0n) is 16.0. The fraction of sp³-hybridized carbons (Fsp3) is 0.0800. The second-order valence-electron chi connectivity index (χ2n) is 7.07. The molecule has 0 bridgehead atoms. The van der Waals surface area contributed by atoms with E-state index in [4.69, 9.17) is 0 Å². The van der Waals surface area contributed by atoms with E-state index >= 15 is 0 Å². The second kappa shape index (κ2) is 6.99. The van der Waals surface area contributed by atoms with Crippen molar-refractivity contribution in [3.8, 4) is 0 Å². The molecule has 0 saturated carbocycles. The highest BCUT2D eigenvalue weighted by molar-refractivity contribution is 6.40. The highest BCUT2D eigenvalue weighted by Gasteiger charge is 2.33. The monoisotopic (exact) mass is 382 g/mol. The Morgan fingerprint density at radius 2 is 1.34 bits per heavy atom. The van der Waals surface area contributed by atoms with Crippen LogP contribution < -0.4 is 0 Å². The van der Waals surface area contributed by atoms with Gasteiger partial charge < -0.3 is 5.11 Å². The van der Waals surface area contributed by atoms with Crippen LogP contribution in [0, 0.1) is 13.8 Å². The number of hydrogen-bond donors (Lipinski definition) is 1. The van der Waals surface area contributed by atoms with Gasteiger partial charge in [0.05, 0.1) is 11.1 Å². The topological polar surface area (TPSA) is 71.4 Å². The Balaban J connectivity index is 1.55. The lowest BCUT2D eigenvalue weighted by Gasteiger charge is -2.01. The first-order chi connectivity index (χ1) is 13.9.